The maximum atomic E-state index is 13.1. The minimum absolute atomic E-state index is 0.0495. The SMILES string of the molecule is N#Cc1ccc(N2C(=O)CC(c3cccc(Cl)c3Cl)C3=C2CCCC3=O)cc1. The molecule has 0 saturated heterocycles. The summed E-state index contributed by atoms with van der Waals surface area (Å²) in [5.41, 5.74) is 3.29. The van der Waals surface area contributed by atoms with Crippen LogP contribution in [0.5, 0.6) is 0 Å². The standard InChI is InChI=1S/C22H16Cl2N2O2/c23-17-4-1-3-15(22(17)24)16-11-20(28)26(14-9-7-13(12-25)8-10-14)18-5-2-6-19(27)21(16)18/h1,3-4,7-10,16H,2,5-6,11H2. The van der Waals surface area contributed by atoms with Gasteiger partial charge in [0.1, 0.15) is 0 Å². The van der Waals surface area contributed by atoms with Crippen molar-refractivity contribution in [2.24, 2.45) is 0 Å². The molecule has 0 N–H and O–H groups in total. The van der Waals surface area contributed by atoms with Gasteiger partial charge < -0.3 is 0 Å². The number of Topliss-reactive ketones (excluding diaryl/α,β-unsaturated/α-hetero) is 1. The van der Waals surface area contributed by atoms with E-state index in [-0.39, 0.29) is 18.1 Å². The first-order valence-electron chi connectivity index (χ1n) is 9.04. The van der Waals surface area contributed by atoms with Gasteiger partial charge in [-0.3, -0.25) is 14.5 Å². The van der Waals surface area contributed by atoms with E-state index in [1.807, 2.05) is 6.07 Å². The number of hydrogen-bond acceptors (Lipinski definition) is 3. The summed E-state index contributed by atoms with van der Waals surface area (Å²) >= 11 is 12.6. The van der Waals surface area contributed by atoms with Gasteiger partial charge in [0, 0.05) is 35.7 Å². The van der Waals surface area contributed by atoms with Gasteiger partial charge >= 0.3 is 0 Å². The summed E-state index contributed by atoms with van der Waals surface area (Å²) in [4.78, 5) is 27.6. The largest absolute Gasteiger partial charge is 0.294 e. The van der Waals surface area contributed by atoms with Crippen molar-refractivity contribution in [3.8, 4) is 6.07 Å². The van der Waals surface area contributed by atoms with Crippen LogP contribution in [0.2, 0.25) is 10.0 Å². The zero-order valence-electron chi connectivity index (χ0n) is 14.9. The molecule has 4 rings (SSSR count). The normalized spacial score (nSPS) is 19.5. The molecule has 2 aromatic rings. The summed E-state index contributed by atoms with van der Waals surface area (Å²) < 4.78 is 0. The molecule has 2 aliphatic rings. The van der Waals surface area contributed by atoms with E-state index in [9.17, 15) is 9.59 Å². The van der Waals surface area contributed by atoms with Gasteiger partial charge in [-0.25, -0.2) is 0 Å². The van der Waals surface area contributed by atoms with E-state index in [0.717, 1.165) is 5.70 Å². The van der Waals surface area contributed by atoms with Crippen LogP contribution in [0.15, 0.2) is 53.7 Å². The van der Waals surface area contributed by atoms with Gasteiger partial charge in [-0.1, -0.05) is 35.3 Å². The van der Waals surface area contributed by atoms with Gasteiger partial charge in [-0.15, -0.1) is 0 Å². The first kappa shape index (κ1) is 18.7. The molecule has 1 aliphatic carbocycles. The smallest absolute Gasteiger partial charge is 0.232 e. The summed E-state index contributed by atoms with van der Waals surface area (Å²) in [6.07, 6.45) is 1.95. The Kier molecular flexibility index (Phi) is 4.97. The van der Waals surface area contributed by atoms with Gasteiger partial charge in [0.05, 0.1) is 21.7 Å². The zero-order valence-corrected chi connectivity index (χ0v) is 16.4. The lowest BCUT2D eigenvalue weighted by atomic mass is 9.77. The Labute approximate surface area is 173 Å². The van der Waals surface area contributed by atoms with Gasteiger partial charge in [-0.2, -0.15) is 5.26 Å². The zero-order chi connectivity index (χ0) is 19.8. The molecule has 1 unspecified atom stereocenters. The van der Waals surface area contributed by atoms with Crippen LogP contribution in [0.4, 0.5) is 5.69 Å². The lowest BCUT2D eigenvalue weighted by Crippen LogP contribution is -2.40. The minimum atomic E-state index is -0.392. The molecule has 0 bridgehead atoms. The Morgan fingerprint density at radius 1 is 1.04 bits per heavy atom. The van der Waals surface area contributed by atoms with Crippen LogP contribution < -0.4 is 4.90 Å². The highest BCUT2D eigenvalue weighted by Crippen LogP contribution is 2.45. The van der Waals surface area contributed by atoms with Crippen molar-refractivity contribution in [1.82, 2.24) is 0 Å². The fourth-order valence-corrected chi connectivity index (χ4v) is 4.47. The van der Waals surface area contributed by atoms with E-state index in [1.54, 1.807) is 41.3 Å². The second-order valence-corrected chi connectivity index (χ2v) is 7.71. The van der Waals surface area contributed by atoms with Gasteiger partial charge in [-0.05, 0) is 48.7 Å². The van der Waals surface area contributed by atoms with Crippen LogP contribution in [0.3, 0.4) is 0 Å². The maximum Gasteiger partial charge on any atom is 0.232 e. The van der Waals surface area contributed by atoms with Crippen molar-refractivity contribution in [2.75, 3.05) is 4.90 Å². The number of carbonyl (C=O) groups excluding carboxylic acids is 2. The van der Waals surface area contributed by atoms with Crippen LogP contribution in [0.25, 0.3) is 0 Å². The molecule has 2 aromatic carbocycles. The summed E-state index contributed by atoms with van der Waals surface area (Å²) in [6, 6.07) is 14.2. The molecule has 0 aromatic heterocycles. The van der Waals surface area contributed by atoms with E-state index in [4.69, 9.17) is 28.5 Å². The number of amides is 1. The van der Waals surface area contributed by atoms with Gasteiger partial charge in [0.25, 0.3) is 0 Å². The van der Waals surface area contributed by atoms with Crippen molar-refractivity contribution < 1.29 is 9.59 Å². The van der Waals surface area contributed by atoms with E-state index in [0.29, 0.717) is 51.7 Å². The number of rotatable bonds is 2. The number of ketones is 1. The predicted molar refractivity (Wildman–Crippen MR) is 108 cm³/mol. The molecular formula is C22H16Cl2N2O2. The van der Waals surface area contributed by atoms with Crippen molar-refractivity contribution in [1.29, 1.82) is 5.26 Å². The molecule has 0 radical (unpaired) electrons. The highest BCUT2D eigenvalue weighted by Gasteiger charge is 2.40. The van der Waals surface area contributed by atoms with Crippen LogP contribution in [-0.4, -0.2) is 11.7 Å². The van der Waals surface area contributed by atoms with Crippen LogP contribution in [0, 0.1) is 11.3 Å². The first-order valence-corrected chi connectivity index (χ1v) is 9.80. The summed E-state index contributed by atoms with van der Waals surface area (Å²) in [6.45, 7) is 0. The fraction of sp³-hybridized carbons (Fsp3) is 0.227. The van der Waals surface area contributed by atoms with E-state index in [1.165, 1.54) is 0 Å². The molecule has 1 heterocycles. The average molecular weight is 411 g/mol. The molecule has 1 atom stereocenters. The molecule has 1 amide bonds. The number of benzene rings is 2. The number of nitrogens with zero attached hydrogens (tertiary/aromatic N) is 2. The highest BCUT2D eigenvalue weighted by atomic mass is 35.5. The van der Waals surface area contributed by atoms with Crippen LogP contribution in [-0.2, 0) is 9.59 Å². The fourth-order valence-electron chi connectivity index (χ4n) is 4.03. The third-order valence-electron chi connectivity index (χ3n) is 5.29. The second-order valence-electron chi connectivity index (χ2n) is 6.92. The lowest BCUT2D eigenvalue weighted by molar-refractivity contribution is -0.119. The first-order chi connectivity index (χ1) is 13.5. The molecule has 28 heavy (non-hydrogen) atoms. The summed E-state index contributed by atoms with van der Waals surface area (Å²) in [7, 11) is 0. The topological polar surface area (TPSA) is 61.2 Å². The Morgan fingerprint density at radius 2 is 1.79 bits per heavy atom. The number of nitriles is 1. The van der Waals surface area contributed by atoms with Crippen molar-refractivity contribution >= 4 is 40.6 Å². The molecule has 4 nitrogen and oxygen atoms in total. The molecule has 140 valence electrons. The van der Waals surface area contributed by atoms with Gasteiger partial charge in [0.15, 0.2) is 5.78 Å². The lowest BCUT2D eigenvalue weighted by Gasteiger charge is -2.38. The highest BCUT2D eigenvalue weighted by molar-refractivity contribution is 6.42. The number of halogens is 2. The molecule has 6 heteroatoms. The van der Waals surface area contributed by atoms with Crippen molar-refractivity contribution in [2.45, 2.75) is 31.6 Å². The number of hydrogen-bond donors (Lipinski definition) is 0. The molecular weight excluding hydrogens is 395 g/mol. The molecule has 0 fully saturated rings. The minimum Gasteiger partial charge on any atom is -0.294 e. The van der Waals surface area contributed by atoms with Crippen LogP contribution in [0.1, 0.15) is 42.7 Å². The van der Waals surface area contributed by atoms with Crippen molar-refractivity contribution in [3.05, 3.63) is 74.9 Å². The van der Waals surface area contributed by atoms with Crippen molar-refractivity contribution in [3.63, 3.8) is 0 Å². The monoisotopic (exact) mass is 410 g/mol. The Hall–Kier alpha value is -2.61. The number of carbonyl (C=O) groups is 2. The molecule has 1 aliphatic heterocycles. The predicted octanol–water partition coefficient (Wildman–Crippen LogP) is 5.39. The summed E-state index contributed by atoms with van der Waals surface area (Å²) in [5.74, 6) is -0.441. The molecule has 0 saturated carbocycles. The third kappa shape index (κ3) is 3.11. The number of anilines is 1. The molecule has 0 spiro atoms. The average Bonchev–Trinajstić information content (AvgIpc) is 2.70. The maximum absolute atomic E-state index is 13.1. The van der Waals surface area contributed by atoms with Gasteiger partial charge in [0.2, 0.25) is 5.91 Å². The Balaban J connectivity index is 1.87. The van der Waals surface area contributed by atoms with Crippen LogP contribution >= 0.6 is 23.2 Å². The number of allylic oxidation sites excluding steroid dienone is 2. The second kappa shape index (κ2) is 7.43. The quantitative estimate of drug-likeness (QED) is 0.666. The Morgan fingerprint density at radius 3 is 2.50 bits per heavy atom. The van der Waals surface area contributed by atoms with E-state index >= 15 is 0 Å². The third-order valence-corrected chi connectivity index (χ3v) is 6.12. The Bertz CT molecular complexity index is 1050. The summed E-state index contributed by atoms with van der Waals surface area (Å²) in [5, 5.41) is 9.81. The van der Waals surface area contributed by atoms with E-state index in [2.05, 4.69) is 6.07 Å². The van der Waals surface area contributed by atoms with E-state index < -0.39 is 5.92 Å².